The smallest absolute Gasteiger partial charge is 0.0351 e. The van der Waals surface area contributed by atoms with Gasteiger partial charge in [-0.15, -0.1) is 0 Å². The van der Waals surface area contributed by atoms with Crippen molar-refractivity contribution in [3.05, 3.63) is 216 Å². The van der Waals surface area contributed by atoms with Gasteiger partial charge in [0.2, 0.25) is 0 Å². The fourth-order valence-corrected chi connectivity index (χ4v) is 8.60. The van der Waals surface area contributed by atoms with Gasteiger partial charge in [0.15, 0.2) is 0 Å². The second-order valence-corrected chi connectivity index (χ2v) is 13.6. The van der Waals surface area contributed by atoms with Crippen LogP contribution in [0.15, 0.2) is 188 Å². The molecule has 0 heterocycles. The van der Waals surface area contributed by atoms with Crippen molar-refractivity contribution < 1.29 is 0 Å². The van der Waals surface area contributed by atoms with Crippen LogP contribution in [0.2, 0.25) is 0 Å². The molecule has 234 valence electrons. The van der Waals surface area contributed by atoms with E-state index >= 15 is 0 Å². The van der Waals surface area contributed by atoms with Crippen molar-refractivity contribution in [3.63, 3.8) is 0 Å². The first-order chi connectivity index (χ1) is 24.8. The van der Waals surface area contributed by atoms with Gasteiger partial charge in [-0.1, -0.05) is 182 Å². The molecule has 9 aromatic rings. The molecule has 0 aromatic heterocycles. The lowest BCUT2D eigenvalue weighted by Crippen LogP contribution is -2.16. The van der Waals surface area contributed by atoms with E-state index in [0.717, 1.165) is 6.42 Å². The number of hydrogen-bond acceptors (Lipinski definition) is 0. The van der Waals surface area contributed by atoms with Crippen molar-refractivity contribution in [2.24, 2.45) is 0 Å². The normalized spacial score (nSPS) is 13.7. The maximum Gasteiger partial charge on any atom is 0.0351 e. The maximum absolute atomic E-state index is 2.35. The van der Waals surface area contributed by atoms with Crippen LogP contribution < -0.4 is 0 Å². The van der Waals surface area contributed by atoms with Crippen LogP contribution in [-0.2, 0) is 6.42 Å². The molecule has 0 spiro atoms. The summed E-state index contributed by atoms with van der Waals surface area (Å²) in [5.41, 5.74) is 14.7. The van der Waals surface area contributed by atoms with Gasteiger partial charge in [0, 0.05) is 5.92 Å². The molecule has 0 heteroatoms. The lowest BCUT2D eigenvalue weighted by Gasteiger charge is -2.31. The molecule has 0 aliphatic heterocycles. The van der Waals surface area contributed by atoms with Crippen molar-refractivity contribution in [2.75, 3.05) is 0 Å². The highest BCUT2D eigenvalue weighted by atomic mass is 14.3. The summed E-state index contributed by atoms with van der Waals surface area (Å²) in [7, 11) is 0. The molecule has 0 radical (unpaired) electrons. The SMILES string of the molecule is c1ccc(C2c3ccccc3Cc3cccc(-c4ccc(-c5c6ccccc6c(-c6ccc7ccccc7c6)c6ccccc56)cc4)c32)cc1. The van der Waals surface area contributed by atoms with Crippen molar-refractivity contribution in [1.29, 1.82) is 0 Å². The Labute approximate surface area is 292 Å². The number of hydrogen-bond donors (Lipinski definition) is 0. The molecule has 0 saturated heterocycles. The van der Waals surface area contributed by atoms with E-state index in [9.17, 15) is 0 Å². The van der Waals surface area contributed by atoms with Crippen LogP contribution in [0.5, 0.6) is 0 Å². The Balaban J connectivity index is 1.14. The van der Waals surface area contributed by atoms with E-state index in [1.165, 1.54) is 93.5 Å². The van der Waals surface area contributed by atoms with Gasteiger partial charge in [-0.05, 0) is 106 Å². The van der Waals surface area contributed by atoms with Gasteiger partial charge < -0.3 is 0 Å². The highest BCUT2D eigenvalue weighted by Crippen LogP contribution is 2.47. The summed E-state index contributed by atoms with van der Waals surface area (Å²) >= 11 is 0. The Kier molecular flexibility index (Phi) is 6.74. The van der Waals surface area contributed by atoms with E-state index in [4.69, 9.17) is 0 Å². The number of rotatable bonds is 4. The van der Waals surface area contributed by atoms with Crippen molar-refractivity contribution in [3.8, 4) is 33.4 Å². The zero-order valence-corrected chi connectivity index (χ0v) is 27.7. The van der Waals surface area contributed by atoms with Gasteiger partial charge >= 0.3 is 0 Å². The van der Waals surface area contributed by atoms with E-state index in [1.54, 1.807) is 0 Å². The molecule has 50 heavy (non-hydrogen) atoms. The summed E-state index contributed by atoms with van der Waals surface area (Å²) in [6.45, 7) is 0. The molecule has 9 aromatic carbocycles. The molecular weight excluding hydrogens is 601 g/mol. The minimum atomic E-state index is 0.197. The molecule has 0 amide bonds. The van der Waals surface area contributed by atoms with E-state index in [1.807, 2.05) is 0 Å². The van der Waals surface area contributed by atoms with E-state index < -0.39 is 0 Å². The van der Waals surface area contributed by atoms with E-state index in [0.29, 0.717) is 0 Å². The molecular formula is C50H34. The molecule has 1 unspecified atom stereocenters. The molecule has 1 aliphatic carbocycles. The summed E-state index contributed by atoms with van der Waals surface area (Å²) in [5, 5.41) is 7.64. The highest BCUT2D eigenvalue weighted by molar-refractivity contribution is 6.21. The largest absolute Gasteiger partial charge is 0.0622 e. The first-order valence-corrected chi connectivity index (χ1v) is 17.6. The summed E-state index contributed by atoms with van der Waals surface area (Å²) in [6, 6.07) is 69.7. The third kappa shape index (κ3) is 4.60. The van der Waals surface area contributed by atoms with Crippen molar-refractivity contribution in [1.82, 2.24) is 0 Å². The monoisotopic (exact) mass is 634 g/mol. The van der Waals surface area contributed by atoms with Crippen LogP contribution in [0.25, 0.3) is 65.7 Å². The first-order valence-electron chi connectivity index (χ1n) is 17.6. The van der Waals surface area contributed by atoms with Crippen LogP contribution >= 0.6 is 0 Å². The maximum atomic E-state index is 2.35. The average Bonchev–Trinajstić information content (AvgIpc) is 3.19. The van der Waals surface area contributed by atoms with Gasteiger partial charge in [0.1, 0.15) is 0 Å². The molecule has 1 atom stereocenters. The van der Waals surface area contributed by atoms with Gasteiger partial charge in [-0.25, -0.2) is 0 Å². The molecule has 10 rings (SSSR count). The fraction of sp³-hybridized carbons (Fsp3) is 0.0400. The quantitative estimate of drug-likeness (QED) is 0.169. The number of fused-ring (bicyclic) bond motifs is 5. The second kappa shape index (κ2) is 11.7. The second-order valence-electron chi connectivity index (χ2n) is 13.6. The van der Waals surface area contributed by atoms with E-state index in [2.05, 4.69) is 188 Å². The lowest BCUT2D eigenvalue weighted by atomic mass is 9.72. The summed E-state index contributed by atoms with van der Waals surface area (Å²) in [4.78, 5) is 0. The van der Waals surface area contributed by atoms with Gasteiger partial charge in [-0.2, -0.15) is 0 Å². The Hall–Kier alpha value is -6.24. The topological polar surface area (TPSA) is 0 Å². The summed E-state index contributed by atoms with van der Waals surface area (Å²) in [6.07, 6.45) is 0.961. The van der Waals surface area contributed by atoms with Gasteiger partial charge in [0.05, 0.1) is 0 Å². The van der Waals surface area contributed by atoms with E-state index in [-0.39, 0.29) is 5.92 Å². The van der Waals surface area contributed by atoms with Crippen molar-refractivity contribution in [2.45, 2.75) is 12.3 Å². The zero-order valence-electron chi connectivity index (χ0n) is 27.7. The predicted molar refractivity (Wildman–Crippen MR) is 212 cm³/mol. The molecule has 0 bridgehead atoms. The standard InChI is InChI=1S/C50H34/c1-2-14-35(15-3-1)49-42-19-7-6-17-38(42)32-39-18-12-24-41(50(39)49)34-26-28-36(29-27-34)47-43-20-8-10-22-45(43)48(46-23-11-9-21-44(46)47)40-30-25-33-13-4-5-16-37(33)31-40/h1-31,49H,32H2. The molecule has 0 N–H and O–H groups in total. The zero-order chi connectivity index (χ0) is 33.0. The van der Waals surface area contributed by atoms with Gasteiger partial charge in [-0.3, -0.25) is 0 Å². The predicted octanol–water partition coefficient (Wildman–Crippen LogP) is 13.2. The van der Waals surface area contributed by atoms with Crippen LogP contribution in [-0.4, -0.2) is 0 Å². The molecule has 0 nitrogen and oxygen atoms in total. The van der Waals surface area contributed by atoms with Crippen LogP contribution in [0.4, 0.5) is 0 Å². The minimum Gasteiger partial charge on any atom is -0.0622 e. The Morgan fingerprint density at radius 3 is 1.62 bits per heavy atom. The number of benzene rings is 9. The van der Waals surface area contributed by atoms with Gasteiger partial charge in [0.25, 0.3) is 0 Å². The third-order valence-corrected chi connectivity index (χ3v) is 10.8. The first kappa shape index (κ1) is 28.7. The molecule has 0 saturated carbocycles. The van der Waals surface area contributed by atoms with Crippen molar-refractivity contribution >= 4 is 32.3 Å². The fourth-order valence-electron chi connectivity index (χ4n) is 8.60. The highest BCUT2D eigenvalue weighted by Gasteiger charge is 2.29. The average molecular weight is 635 g/mol. The Bertz CT molecular complexity index is 2660. The summed E-state index contributed by atoms with van der Waals surface area (Å²) < 4.78 is 0. The van der Waals surface area contributed by atoms with Crippen LogP contribution in [0.1, 0.15) is 33.7 Å². The minimum absolute atomic E-state index is 0.197. The third-order valence-electron chi connectivity index (χ3n) is 10.8. The van der Waals surface area contributed by atoms with Crippen LogP contribution in [0, 0.1) is 0 Å². The Morgan fingerprint density at radius 1 is 0.360 bits per heavy atom. The molecule has 0 fully saturated rings. The lowest BCUT2D eigenvalue weighted by molar-refractivity contribution is 0.888. The van der Waals surface area contributed by atoms with Crippen LogP contribution in [0.3, 0.4) is 0 Å². The summed E-state index contributed by atoms with van der Waals surface area (Å²) in [5.74, 6) is 0.197. The molecule has 1 aliphatic rings. The Morgan fingerprint density at radius 2 is 0.900 bits per heavy atom.